The van der Waals surface area contributed by atoms with Crippen LogP contribution < -0.4 is 10.0 Å². The number of primary sulfonamides is 1. The normalized spacial score (nSPS) is 21.1. The molecule has 1 heterocycles. The highest BCUT2D eigenvalue weighted by molar-refractivity contribution is 7.91. The number of hydrogen-bond donors (Lipinski definition) is 1. The zero-order chi connectivity index (χ0) is 15.8. The first kappa shape index (κ1) is 15.9. The molecule has 0 aromatic heterocycles. The zero-order valence-electron chi connectivity index (χ0n) is 11.4. The predicted molar refractivity (Wildman–Crippen MR) is 78.0 cm³/mol. The molecule has 116 valence electrons. The topological polar surface area (TPSA) is 115 Å². The number of sulfone groups is 1. The molecule has 1 unspecified atom stereocenters. The Bertz CT molecular complexity index is 753. The summed E-state index contributed by atoms with van der Waals surface area (Å²) in [6, 6.07) is 5.53. The second kappa shape index (κ2) is 5.39. The van der Waals surface area contributed by atoms with Crippen LogP contribution >= 0.6 is 0 Å². The molecule has 1 aliphatic rings. The molecule has 1 saturated heterocycles. The van der Waals surface area contributed by atoms with Crippen molar-refractivity contribution in [2.45, 2.75) is 11.3 Å². The van der Waals surface area contributed by atoms with Crippen LogP contribution in [0.25, 0.3) is 0 Å². The van der Waals surface area contributed by atoms with Crippen LogP contribution in [0, 0.1) is 5.92 Å². The molecule has 1 amide bonds. The Labute approximate surface area is 123 Å². The SMILES string of the molecule is CN(C(=O)C1CCS(=O)(=O)C1)c1ccc(S(N)(=O)=O)cc1. The van der Waals surface area contributed by atoms with E-state index in [-0.39, 0.29) is 22.3 Å². The van der Waals surface area contributed by atoms with Gasteiger partial charge in [-0.25, -0.2) is 22.0 Å². The average Bonchev–Trinajstić information content (AvgIpc) is 2.76. The first-order valence-corrected chi connectivity index (χ1v) is 9.58. The van der Waals surface area contributed by atoms with E-state index in [0.29, 0.717) is 12.1 Å². The summed E-state index contributed by atoms with van der Waals surface area (Å²) in [4.78, 5) is 13.5. The molecule has 2 rings (SSSR count). The van der Waals surface area contributed by atoms with Crippen LogP contribution in [0.15, 0.2) is 29.2 Å². The molecule has 9 heteroatoms. The second-order valence-electron chi connectivity index (χ2n) is 5.04. The molecular weight excluding hydrogens is 316 g/mol. The van der Waals surface area contributed by atoms with Gasteiger partial charge in [-0.1, -0.05) is 0 Å². The Kier molecular flexibility index (Phi) is 4.09. The van der Waals surface area contributed by atoms with E-state index in [1.54, 1.807) is 0 Å². The van der Waals surface area contributed by atoms with Gasteiger partial charge in [0.1, 0.15) is 0 Å². The third kappa shape index (κ3) is 3.60. The summed E-state index contributed by atoms with van der Waals surface area (Å²) in [5.41, 5.74) is 0.483. The third-order valence-corrected chi connectivity index (χ3v) is 6.16. The Morgan fingerprint density at radius 3 is 2.29 bits per heavy atom. The van der Waals surface area contributed by atoms with Crippen molar-refractivity contribution in [3.8, 4) is 0 Å². The first-order chi connectivity index (χ1) is 9.60. The van der Waals surface area contributed by atoms with Gasteiger partial charge in [-0.15, -0.1) is 0 Å². The summed E-state index contributed by atoms with van der Waals surface area (Å²) in [5, 5.41) is 5.00. The molecule has 0 bridgehead atoms. The fraction of sp³-hybridized carbons (Fsp3) is 0.417. The van der Waals surface area contributed by atoms with E-state index in [1.165, 1.54) is 36.2 Å². The summed E-state index contributed by atoms with van der Waals surface area (Å²) < 4.78 is 45.1. The number of amides is 1. The lowest BCUT2D eigenvalue weighted by Crippen LogP contribution is -2.33. The molecule has 7 nitrogen and oxygen atoms in total. The van der Waals surface area contributed by atoms with E-state index in [4.69, 9.17) is 5.14 Å². The summed E-state index contributed by atoms with van der Waals surface area (Å²) in [7, 11) is -5.38. The molecule has 0 radical (unpaired) electrons. The van der Waals surface area contributed by atoms with Gasteiger partial charge in [0.25, 0.3) is 0 Å². The molecule has 21 heavy (non-hydrogen) atoms. The van der Waals surface area contributed by atoms with Crippen LogP contribution in [0.2, 0.25) is 0 Å². The Hall–Kier alpha value is -1.45. The number of nitrogens with zero attached hydrogens (tertiary/aromatic N) is 1. The fourth-order valence-electron chi connectivity index (χ4n) is 2.25. The van der Waals surface area contributed by atoms with Gasteiger partial charge in [-0.3, -0.25) is 4.79 Å². The predicted octanol–water partition coefficient (Wildman–Crippen LogP) is -0.268. The van der Waals surface area contributed by atoms with Gasteiger partial charge < -0.3 is 4.90 Å². The molecule has 0 aliphatic carbocycles. The monoisotopic (exact) mass is 332 g/mol. The number of anilines is 1. The number of sulfonamides is 1. The van der Waals surface area contributed by atoms with Gasteiger partial charge in [-0.2, -0.15) is 0 Å². The van der Waals surface area contributed by atoms with Crippen molar-refractivity contribution in [3.63, 3.8) is 0 Å². The second-order valence-corrected chi connectivity index (χ2v) is 8.83. The number of carbonyl (C=O) groups is 1. The van der Waals surface area contributed by atoms with E-state index in [9.17, 15) is 21.6 Å². The van der Waals surface area contributed by atoms with E-state index in [0.717, 1.165) is 0 Å². The highest BCUT2D eigenvalue weighted by atomic mass is 32.2. The van der Waals surface area contributed by atoms with Gasteiger partial charge in [-0.05, 0) is 30.7 Å². The van der Waals surface area contributed by atoms with E-state index >= 15 is 0 Å². The van der Waals surface area contributed by atoms with Crippen LogP contribution in [0.3, 0.4) is 0 Å². The van der Waals surface area contributed by atoms with Crippen LogP contribution in [0.1, 0.15) is 6.42 Å². The van der Waals surface area contributed by atoms with Crippen molar-refractivity contribution in [3.05, 3.63) is 24.3 Å². The van der Waals surface area contributed by atoms with Gasteiger partial charge in [0.05, 0.1) is 22.3 Å². The van der Waals surface area contributed by atoms with Gasteiger partial charge in [0, 0.05) is 12.7 Å². The van der Waals surface area contributed by atoms with E-state index in [1.807, 2.05) is 0 Å². The number of benzene rings is 1. The molecule has 1 fully saturated rings. The smallest absolute Gasteiger partial charge is 0.238 e. The van der Waals surface area contributed by atoms with Crippen LogP contribution in [0.4, 0.5) is 5.69 Å². The van der Waals surface area contributed by atoms with Crippen molar-refractivity contribution in [1.29, 1.82) is 0 Å². The number of hydrogen-bond acceptors (Lipinski definition) is 5. The van der Waals surface area contributed by atoms with Crippen molar-refractivity contribution in [2.24, 2.45) is 11.1 Å². The molecule has 1 aliphatic heterocycles. The number of carbonyl (C=O) groups excluding carboxylic acids is 1. The van der Waals surface area contributed by atoms with Crippen LogP contribution in [-0.2, 0) is 24.7 Å². The highest BCUT2D eigenvalue weighted by Gasteiger charge is 2.34. The van der Waals surface area contributed by atoms with Gasteiger partial charge in [0.15, 0.2) is 9.84 Å². The quantitative estimate of drug-likeness (QED) is 0.818. The molecule has 0 spiro atoms. The third-order valence-electron chi connectivity index (χ3n) is 3.46. The zero-order valence-corrected chi connectivity index (χ0v) is 13.0. The minimum Gasteiger partial charge on any atom is -0.315 e. The summed E-state index contributed by atoms with van der Waals surface area (Å²) in [6.45, 7) is 0. The summed E-state index contributed by atoms with van der Waals surface area (Å²) >= 11 is 0. The maximum absolute atomic E-state index is 12.2. The van der Waals surface area contributed by atoms with Gasteiger partial charge in [0.2, 0.25) is 15.9 Å². The first-order valence-electron chi connectivity index (χ1n) is 6.21. The number of nitrogens with two attached hydrogens (primary N) is 1. The Morgan fingerprint density at radius 1 is 1.29 bits per heavy atom. The van der Waals surface area contributed by atoms with E-state index < -0.39 is 25.8 Å². The highest BCUT2D eigenvalue weighted by Crippen LogP contribution is 2.24. The Balaban J connectivity index is 2.17. The van der Waals surface area contributed by atoms with Crippen LogP contribution in [0.5, 0.6) is 0 Å². The fourth-order valence-corrected chi connectivity index (χ4v) is 4.50. The van der Waals surface area contributed by atoms with E-state index in [2.05, 4.69) is 0 Å². The van der Waals surface area contributed by atoms with Crippen molar-refractivity contribution < 1.29 is 21.6 Å². The lowest BCUT2D eigenvalue weighted by atomic mass is 10.1. The van der Waals surface area contributed by atoms with Crippen molar-refractivity contribution >= 4 is 31.5 Å². The average molecular weight is 332 g/mol. The minimum atomic E-state index is -3.78. The lowest BCUT2D eigenvalue weighted by molar-refractivity contribution is -0.121. The maximum atomic E-state index is 12.2. The number of rotatable bonds is 3. The molecule has 2 N–H and O–H groups in total. The van der Waals surface area contributed by atoms with Crippen LogP contribution in [-0.4, -0.2) is 41.3 Å². The molecule has 1 atom stereocenters. The molecule has 0 saturated carbocycles. The summed E-state index contributed by atoms with van der Waals surface area (Å²) in [6.07, 6.45) is 0.320. The van der Waals surface area contributed by atoms with Crippen molar-refractivity contribution in [1.82, 2.24) is 0 Å². The Morgan fingerprint density at radius 2 is 1.86 bits per heavy atom. The molecule has 1 aromatic rings. The minimum absolute atomic E-state index is 0.0294. The van der Waals surface area contributed by atoms with Gasteiger partial charge >= 0.3 is 0 Å². The molecule has 1 aromatic carbocycles. The maximum Gasteiger partial charge on any atom is 0.238 e. The lowest BCUT2D eigenvalue weighted by Gasteiger charge is -2.20. The summed E-state index contributed by atoms with van der Waals surface area (Å²) in [5.74, 6) is -0.940. The van der Waals surface area contributed by atoms with Crippen molar-refractivity contribution in [2.75, 3.05) is 23.5 Å². The molecular formula is C12H16N2O5S2. The largest absolute Gasteiger partial charge is 0.315 e. The standard InChI is InChI=1S/C12H16N2O5S2/c1-14(12(15)9-6-7-20(16,17)8-9)10-2-4-11(5-3-10)21(13,18)19/h2-5,9H,6-8H2,1H3,(H2,13,18,19).